The topological polar surface area (TPSA) is 51.8 Å². The molecule has 0 aliphatic rings. The first kappa shape index (κ1) is 32.2. The number of rotatable bonds is 7. The van der Waals surface area contributed by atoms with E-state index in [-0.39, 0.29) is 0 Å². The predicted octanol–water partition coefficient (Wildman–Crippen LogP) is 13.4. The number of fused-ring (bicyclic) bond motifs is 3. The van der Waals surface area contributed by atoms with Crippen molar-refractivity contribution in [3.05, 3.63) is 200 Å². The van der Waals surface area contributed by atoms with E-state index in [1.165, 1.54) is 11.1 Å². The van der Waals surface area contributed by atoms with E-state index < -0.39 is 0 Å². The third kappa shape index (κ3) is 6.16. The van der Waals surface area contributed by atoms with E-state index in [4.69, 9.17) is 19.4 Å². The van der Waals surface area contributed by atoms with Crippen molar-refractivity contribution in [2.24, 2.45) is 0 Å². The molecule has 0 saturated heterocycles. The molecular weight excluding hydrogens is 671 g/mol. The zero-order chi connectivity index (χ0) is 36.6. The monoisotopic (exact) mass is 703 g/mol. The van der Waals surface area contributed by atoms with Crippen LogP contribution in [0.25, 0.3) is 101 Å². The van der Waals surface area contributed by atoms with Crippen LogP contribution in [-0.2, 0) is 0 Å². The summed E-state index contributed by atoms with van der Waals surface area (Å²) in [5.74, 6) is 1.79. The van der Waals surface area contributed by atoms with Crippen LogP contribution in [0.15, 0.2) is 205 Å². The molecule has 2 heterocycles. The molecular formula is C51H33N3O. The maximum atomic E-state index is 6.57. The standard InChI is InChI=1S/C51H33N3O/c1-4-14-34(15-5-1)36-26-28-38(29-27-36)43-24-13-25-46-48(43)45-31-30-41(33-47(45)55-46)50-52-49(40-21-12-20-39(32-40)35-16-6-2-7-17-35)53-51(54-50)44-23-11-10-22-42(44)37-18-8-3-9-19-37/h1-33H. The van der Waals surface area contributed by atoms with E-state index in [2.05, 4.69) is 170 Å². The van der Waals surface area contributed by atoms with Crippen molar-refractivity contribution in [1.82, 2.24) is 15.0 Å². The van der Waals surface area contributed by atoms with Crippen LogP contribution in [0.2, 0.25) is 0 Å². The summed E-state index contributed by atoms with van der Waals surface area (Å²) in [6.07, 6.45) is 0. The maximum Gasteiger partial charge on any atom is 0.164 e. The molecule has 0 amide bonds. The Hall–Kier alpha value is -7.43. The van der Waals surface area contributed by atoms with E-state index in [0.717, 1.165) is 72.0 Å². The Kier molecular flexibility index (Phi) is 8.12. The fraction of sp³-hybridized carbons (Fsp3) is 0. The summed E-state index contributed by atoms with van der Waals surface area (Å²) >= 11 is 0. The van der Waals surface area contributed by atoms with E-state index in [0.29, 0.717) is 17.5 Å². The van der Waals surface area contributed by atoms with Crippen molar-refractivity contribution < 1.29 is 4.42 Å². The molecule has 10 aromatic rings. The highest BCUT2D eigenvalue weighted by Gasteiger charge is 2.18. The molecule has 0 radical (unpaired) electrons. The SMILES string of the molecule is c1ccc(-c2ccc(-c3cccc4oc5cc(-c6nc(-c7cccc(-c8ccccc8)c7)nc(-c7ccccc7-c7ccccc7)n6)ccc5c34)cc2)cc1. The summed E-state index contributed by atoms with van der Waals surface area (Å²) in [5.41, 5.74) is 13.4. The lowest BCUT2D eigenvalue weighted by atomic mass is 9.96. The fourth-order valence-corrected chi connectivity index (χ4v) is 7.45. The third-order valence-electron chi connectivity index (χ3n) is 10.2. The highest BCUT2D eigenvalue weighted by molar-refractivity contribution is 6.13. The van der Waals surface area contributed by atoms with Crippen molar-refractivity contribution in [3.8, 4) is 78.7 Å². The number of hydrogen-bond acceptors (Lipinski definition) is 4. The number of aromatic nitrogens is 3. The number of hydrogen-bond donors (Lipinski definition) is 0. The van der Waals surface area contributed by atoms with Crippen LogP contribution in [0.1, 0.15) is 0 Å². The number of benzene rings is 8. The number of nitrogens with zero attached hydrogens (tertiary/aromatic N) is 3. The molecule has 0 atom stereocenters. The molecule has 258 valence electrons. The Morgan fingerprint density at radius 1 is 0.273 bits per heavy atom. The minimum Gasteiger partial charge on any atom is -0.456 e. The Bertz CT molecular complexity index is 2950. The van der Waals surface area contributed by atoms with Crippen molar-refractivity contribution >= 4 is 21.9 Å². The molecule has 4 nitrogen and oxygen atoms in total. The van der Waals surface area contributed by atoms with Gasteiger partial charge in [0.15, 0.2) is 17.5 Å². The second-order valence-electron chi connectivity index (χ2n) is 13.6. The number of furan rings is 1. The summed E-state index contributed by atoms with van der Waals surface area (Å²) in [7, 11) is 0. The molecule has 0 spiro atoms. The summed E-state index contributed by atoms with van der Waals surface area (Å²) in [6.45, 7) is 0. The zero-order valence-electron chi connectivity index (χ0n) is 29.8. The van der Waals surface area contributed by atoms with E-state index in [1.807, 2.05) is 30.3 Å². The second kappa shape index (κ2) is 13.8. The van der Waals surface area contributed by atoms with Crippen LogP contribution in [0.5, 0.6) is 0 Å². The Morgan fingerprint density at radius 2 is 0.727 bits per heavy atom. The van der Waals surface area contributed by atoms with Crippen LogP contribution in [0, 0.1) is 0 Å². The summed E-state index contributed by atoms with van der Waals surface area (Å²) < 4.78 is 6.57. The van der Waals surface area contributed by atoms with Gasteiger partial charge in [0.1, 0.15) is 11.2 Å². The molecule has 2 aromatic heterocycles. The first-order valence-electron chi connectivity index (χ1n) is 18.4. The molecule has 8 aromatic carbocycles. The molecule has 0 unspecified atom stereocenters. The molecule has 0 saturated carbocycles. The van der Waals surface area contributed by atoms with Crippen LogP contribution in [0.3, 0.4) is 0 Å². The van der Waals surface area contributed by atoms with Gasteiger partial charge in [0, 0.05) is 27.5 Å². The van der Waals surface area contributed by atoms with Crippen LogP contribution in [-0.4, -0.2) is 15.0 Å². The van der Waals surface area contributed by atoms with Gasteiger partial charge >= 0.3 is 0 Å². The van der Waals surface area contributed by atoms with E-state index in [9.17, 15) is 0 Å². The van der Waals surface area contributed by atoms with Crippen LogP contribution < -0.4 is 0 Å². The van der Waals surface area contributed by atoms with Crippen molar-refractivity contribution in [3.63, 3.8) is 0 Å². The van der Waals surface area contributed by atoms with E-state index >= 15 is 0 Å². The Morgan fingerprint density at radius 3 is 1.44 bits per heavy atom. The first-order chi connectivity index (χ1) is 27.2. The molecule has 0 aliphatic heterocycles. The first-order valence-corrected chi connectivity index (χ1v) is 18.4. The minimum absolute atomic E-state index is 0.576. The van der Waals surface area contributed by atoms with Crippen molar-refractivity contribution in [1.29, 1.82) is 0 Å². The van der Waals surface area contributed by atoms with Crippen LogP contribution >= 0.6 is 0 Å². The molecule has 0 aliphatic carbocycles. The third-order valence-corrected chi connectivity index (χ3v) is 10.2. The lowest BCUT2D eigenvalue weighted by Gasteiger charge is -2.12. The van der Waals surface area contributed by atoms with Crippen molar-refractivity contribution in [2.45, 2.75) is 0 Å². The van der Waals surface area contributed by atoms with Crippen LogP contribution in [0.4, 0.5) is 0 Å². The Balaban J connectivity index is 1.11. The van der Waals surface area contributed by atoms with Gasteiger partial charge in [0.05, 0.1) is 0 Å². The average molecular weight is 704 g/mol. The molecule has 55 heavy (non-hydrogen) atoms. The van der Waals surface area contributed by atoms with Gasteiger partial charge in [-0.05, 0) is 68.8 Å². The van der Waals surface area contributed by atoms with Gasteiger partial charge in [-0.2, -0.15) is 0 Å². The maximum absolute atomic E-state index is 6.57. The minimum atomic E-state index is 0.576. The largest absolute Gasteiger partial charge is 0.456 e. The smallest absolute Gasteiger partial charge is 0.164 e. The summed E-state index contributed by atoms with van der Waals surface area (Å²) in [6, 6.07) is 69.2. The van der Waals surface area contributed by atoms with Gasteiger partial charge in [0.2, 0.25) is 0 Å². The zero-order valence-corrected chi connectivity index (χ0v) is 29.8. The van der Waals surface area contributed by atoms with Gasteiger partial charge in [-0.3, -0.25) is 0 Å². The van der Waals surface area contributed by atoms with Gasteiger partial charge in [0.25, 0.3) is 0 Å². The average Bonchev–Trinajstić information content (AvgIpc) is 3.66. The van der Waals surface area contributed by atoms with Gasteiger partial charge in [-0.15, -0.1) is 0 Å². The lowest BCUT2D eigenvalue weighted by molar-refractivity contribution is 0.669. The second-order valence-corrected chi connectivity index (χ2v) is 13.6. The Labute approximate surface area is 319 Å². The molecule has 4 heteroatoms. The van der Waals surface area contributed by atoms with Crippen molar-refractivity contribution in [2.75, 3.05) is 0 Å². The predicted molar refractivity (Wildman–Crippen MR) is 225 cm³/mol. The quantitative estimate of drug-likeness (QED) is 0.166. The molecule has 10 rings (SSSR count). The summed E-state index contributed by atoms with van der Waals surface area (Å²) in [5, 5.41) is 2.13. The normalized spacial score (nSPS) is 11.3. The molecule has 0 N–H and O–H groups in total. The highest BCUT2D eigenvalue weighted by atomic mass is 16.3. The van der Waals surface area contributed by atoms with Gasteiger partial charge < -0.3 is 4.42 Å². The van der Waals surface area contributed by atoms with Gasteiger partial charge in [-0.1, -0.05) is 176 Å². The molecule has 0 fully saturated rings. The molecule has 0 bridgehead atoms. The van der Waals surface area contributed by atoms with E-state index in [1.54, 1.807) is 0 Å². The van der Waals surface area contributed by atoms with Gasteiger partial charge in [-0.25, -0.2) is 15.0 Å². The summed E-state index contributed by atoms with van der Waals surface area (Å²) in [4.78, 5) is 15.4. The fourth-order valence-electron chi connectivity index (χ4n) is 7.45. The highest BCUT2D eigenvalue weighted by Crippen LogP contribution is 2.39. The lowest BCUT2D eigenvalue weighted by Crippen LogP contribution is -2.01.